The van der Waals surface area contributed by atoms with E-state index in [1.54, 1.807) is 0 Å². The Bertz CT molecular complexity index is 428. The van der Waals surface area contributed by atoms with E-state index in [0.717, 1.165) is 54.4 Å². The number of aromatic nitrogens is 2. The summed E-state index contributed by atoms with van der Waals surface area (Å²) in [5.74, 6) is 5.51. The van der Waals surface area contributed by atoms with Gasteiger partial charge in [-0.15, -0.1) is 0 Å². The van der Waals surface area contributed by atoms with E-state index in [1.807, 2.05) is 6.92 Å². The van der Waals surface area contributed by atoms with Crippen LogP contribution in [-0.2, 0) is 6.42 Å². The van der Waals surface area contributed by atoms with Gasteiger partial charge >= 0.3 is 0 Å². The van der Waals surface area contributed by atoms with E-state index in [-0.39, 0.29) is 0 Å². The third kappa shape index (κ3) is 2.20. The first-order valence-electron chi connectivity index (χ1n) is 7.80. The molecule has 19 heavy (non-hydrogen) atoms. The van der Waals surface area contributed by atoms with Crippen LogP contribution in [0.5, 0.6) is 0 Å². The van der Waals surface area contributed by atoms with E-state index in [0.29, 0.717) is 0 Å². The fourth-order valence-corrected chi connectivity index (χ4v) is 5.05. The molecule has 1 N–H and O–H groups in total. The Morgan fingerprint density at radius 1 is 1.11 bits per heavy atom. The summed E-state index contributed by atoms with van der Waals surface area (Å²) < 4.78 is 5.17. The highest BCUT2D eigenvalue weighted by molar-refractivity contribution is 5.01. The Morgan fingerprint density at radius 3 is 2.37 bits per heavy atom. The molecule has 0 spiro atoms. The highest BCUT2D eigenvalue weighted by Gasteiger charge is 2.47. The van der Waals surface area contributed by atoms with Gasteiger partial charge in [0, 0.05) is 19.0 Å². The van der Waals surface area contributed by atoms with Crippen LogP contribution in [0.15, 0.2) is 4.52 Å². The molecule has 0 atom stereocenters. The normalized spacial score (nSPS) is 39.9. The standard InChI is InChI=1S/C15H23N3O/c1-9-17-14(19-18-9)2-3-16-15-12-5-10-4-11(7-12)8-13(15)6-10/h10-13,15-16H,2-8H2,1H3. The molecular formula is C15H23N3O. The van der Waals surface area contributed by atoms with E-state index >= 15 is 0 Å². The number of rotatable bonds is 4. The molecule has 1 aromatic rings. The molecule has 4 nitrogen and oxygen atoms in total. The van der Waals surface area contributed by atoms with Crippen molar-refractivity contribution in [3.8, 4) is 0 Å². The summed E-state index contributed by atoms with van der Waals surface area (Å²) in [6.45, 7) is 2.85. The van der Waals surface area contributed by atoms with E-state index < -0.39 is 0 Å². The summed E-state index contributed by atoms with van der Waals surface area (Å²) in [5, 5.41) is 7.64. The summed E-state index contributed by atoms with van der Waals surface area (Å²) in [5.41, 5.74) is 0. The van der Waals surface area contributed by atoms with Crippen molar-refractivity contribution in [1.29, 1.82) is 0 Å². The number of nitrogens with one attached hydrogen (secondary N) is 1. The summed E-state index contributed by atoms with van der Waals surface area (Å²) in [6.07, 6.45) is 8.30. The van der Waals surface area contributed by atoms with Crippen LogP contribution in [0.2, 0.25) is 0 Å². The quantitative estimate of drug-likeness (QED) is 0.904. The van der Waals surface area contributed by atoms with E-state index in [1.165, 1.54) is 32.1 Å². The first-order chi connectivity index (χ1) is 9.28. The van der Waals surface area contributed by atoms with Crippen LogP contribution in [0, 0.1) is 30.6 Å². The van der Waals surface area contributed by atoms with Crippen molar-refractivity contribution in [2.45, 2.75) is 51.5 Å². The lowest BCUT2D eigenvalue weighted by molar-refractivity contribution is -0.0135. The molecule has 0 amide bonds. The van der Waals surface area contributed by atoms with Crippen LogP contribution >= 0.6 is 0 Å². The van der Waals surface area contributed by atoms with E-state index in [4.69, 9.17) is 4.52 Å². The first-order valence-corrected chi connectivity index (χ1v) is 7.80. The molecule has 0 aliphatic heterocycles. The zero-order chi connectivity index (χ0) is 12.8. The topological polar surface area (TPSA) is 51.0 Å². The minimum atomic E-state index is 0.740. The zero-order valence-corrected chi connectivity index (χ0v) is 11.6. The third-order valence-electron chi connectivity index (χ3n) is 5.52. The van der Waals surface area contributed by atoms with Gasteiger partial charge in [-0.1, -0.05) is 5.16 Å². The van der Waals surface area contributed by atoms with Gasteiger partial charge in [-0.25, -0.2) is 0 Å². The van der Waals surface area contributed by atoms with Gasteiger partial charge in [0.1, 0.15) is 0 Å². The molecule has 5 rings (SSSR count). The van der Waals surface area contributed by atoms with E-state index in [9.17, 15) is 0 Å². The summed E-state index contributed by atoms with van der Waals surface area (Å²) in [4.78, 5) is 4.27. The molecular weight excluding hydrogens is 238 g/mol. The first kappa shape index (κ1) is 11.9. The van der Waals surface area contributed by atoms with Crippen molar-refractivity contribution in [3.05, 3.63) is 11.7 Å². The summed E-state index contributed by atoms with van der Waals surface area (Å²) >= 11 is 0. The van der Waals surface area contributed by atoms with Gasteiger partial charge in [0.05, 0.1) is 0 Å². The lowest BCUT2D eigenvalue weighted by Gasteiger charge is -2.54. The van der Waals surface area contributed by atoms with Gasteiger partial charge in [0.25, 0.3) is 0 Å². The third-order valence-corrected chi connectivity index (χ3v) is 5.52. The van der Waals surface area contributed by atoms with Crippen LogP contribution in [0.25, 0.3) is 0 Å². The second-order valence-electron chi connectivity index (χ2n) is 6.90. The van der Waals surface area contributed by atoms with Crippen LogP contribution in [0.1, 0.15) is 43.8 Å². The number of aryl methyl sites for hydroxylation is 1. The van der Waals surface area contributed by atoms with Crippen LogP contribution in [0.4, 0.5) is 0 Å². The zero-order valence-electron chi connectivity index (χ0n) is 11.6. The van der Waals surface area contributed by atoms with Crippen LogP contribution < -0.4 is 5.32 Å². The number of hydrogen-bond acceptors (Lipinski definition) is 4. The molecule has 4 aliphatic carbocycles. The SMILES string of the molecule is Cc1noc(CCNC2C3CC4CC(C3)CC2C4)n1. The lowest BCUT2D eigenvalue weighted by atomic mass is 9.54. The second-order valence-corrected chi connectivity index (χ2v) is 6.90. The molecule has 4 fully saturated rings. The Morgan fingerprint density at radius 2 is 1.79 bits per heavy atom. The maximum atomic E-state index is 5.17. The molecule has 4 aliphatic rings. The van der Waals surface area contributed by atoms with Crippen molar-refractivity contribution in [2.75, 3.05) is 6.54 Å². The average Bonchev–Trinajstić information content (AvgIpc) is 2.78. The minimum absolute atomic E-state index is 0.740. The van der Waals surface area contributed by atoms with Gasteiger partial charge < -0.3 is 9.84 Å². The average molecular weight is 261 g/mol. The number of nitrogens with zero attached hydrogens (tertiary/aromatic N) is 2. The highest BCUT2D eigenvalue weighted by atomic mass is 16.5. The van der Waals surface area contributed by atoms with Gasteiger partial charge in [0.2, 0.25) is 5.89 Å². The van der Waals surface area contributed by atoms with Gasteiger partial charge in [-0.2, -0.15) is 4.98 Å². The summed E-state index contributed by atoms with van der Waals surface area (Å²) in [6, 6.07) is 0.761. The van der Waals surface area contributed by atoms with Gasteiger partial charge in [0.15, 0.2) is 5.82 Å². The van der Waals surface area contributed by atoms with Crippen LogP contribution in [0.3, 0.4) is 0 Å². The molecule has 0 unspecified atom stereocenters. The fraction of sp³-hybridized carbons (Fsp3) is 0.867. The maximum absolute atomic E-state index is 5.17. The van der Waals surface area contributed by atoms with Crippen molar-refractivity contribution in [2.24, 2.45) is 23.7 Å². The highest BCUT2D eigenvalue weighted by Crippen LogP contribution is 2.53. The predicted molar refractivity (Wildman–Crippen MR) is 71.6 cm³/mol. The molecule has 4 bridgehead atoms. The Kier molecular flexibility index (Phi) is 2.87. The lowest BCUT2D eigenvalue weighted by Crippen LogP contribution is -2.54. The van der Waals surface area contributed by atoms with Gasteiger partial charge in [-0.05, 0) is 62.7 Å². The summed E-state index contributed by atoms with van der Waals surface area (Å²) in [7, 11) is 0. The second kappa shape index (κ2) is 4.58. The van der Waals surface area contributed by atoms with E-state index in [2.05, 4.69) is 15.5 Å². The van der Waals surface area contributed by atoms with Crippen molar-refractivity contribution >= 4 is 0 Å². The molecule has 1 aromatic heterocycles. The van der Waals surface area contributed by atoms with Crippen LogP contribution in [-0.4, -0.2) is 22.7 Å². The largest absolute Gasteiger partial charge is 0.339 e. The molecule has 1 heterocycles. The van der Waals surface area contributed by atoms with Crippen molar-refractivity contribution in [3.63, 3.8) is 0 Å². The molecule has 4 saturated carbocycles. The smallest absolute Gasteiger partial charge is 0.227 e. The van der Waals surface area contributed by atoms with Gasteiger partial charge in [-0.3, -0.25) is 0 Å². The Labute approximate surface area is 114 Å². The Balaban J connectivity index is 1.33. The molecule has 104 valence electrons. The monoisotopic (exact) mass is 261 g/mol. The van der Waals surface area contributed by atoms with Crippen molar-refractivity contribution in [1.82, 2.24) is 15.5 Å². The predicted octanol–water partition coefficient (Wildman–Crippen LogP) is 2.33. The molecule has 0 aromatic carbocycles. The molecule has 0 saturated heterocycles. The Hall–Kier alpha value is -0.900. The maximum Gasteiger partial charge on any atom is 0.227 e. The molecule has 4 heteroatoms. The molecule has 0 radical (unpaired) electrons. The minimum Gasteiger partial charge on any atom is -0.339 e. The van der Waals surface area contributed by atoms with Crippen molar-refractivity contribution < 1.29 is 4.52 Å². The number of hydrogen-bond donors (Lipinski definition) is 1. The fourth-order valence-electron chi connectivity index (χ4n) is 5.05.